The molecule has 0 N–H and O–H groups in total. The average Bonchev–Trinajstić information content (AvgIpc) is 3.25. The van der Waals surface area contributed by atoms with Gasteiger partial charge in [0.25, 0.3) is 0 Å². The monoisotopic (exact) mass is 404 g/mol. The van der Waals surface area contributed by atoms with E-state index in [1.807, 2.05) is 13.0 Å². The molecule has 0 saturated carbocycles. The molecule has 31 heavy (non-hydrogen) atoms. The Hall–Kier alpha value is -3.43. The fraction of sp³-hybridized carbons (Fsp3) is 0.179. The highest BCUT2D eigenvalue weighted by Crippen LogP contribution is 2.38. The lowest BCUT2D eigenvalue weighted by molar-refractivity contribution is 0.246. The van der Waals surface area contributed by atoms with E-state index in [4.69, 9.17) is 9.40 Å². The van der Waals surface area contributed by atoms with Crippen LogP contribution in [-0.4, -0.2) is 16.4 Å². The number of rotatable bonds is 3. The summed E-state index contributed by atoms with van der Waals surface area (Å²) in [5.41, 5.74) is 6.12. The van der Waals surface area contributed by atoms with Crippen LogP contribution in [0, 0.1) is 6.92 Å². The number of pyridine rings is 1. The molecule has 1 aliphatic heterocycles. The van der Waals surface area contributed by atoms with Crippen LogP contribution in [0.2, 0.25) is 0 Å². The number of aromatic nitrogens is 1. The Labute approximate surface area is 182 Å². The zero-order chi connectivity index (χ0) is 20.8. The zero-order valence-electron chi connectivity index (χ0n) is 17.6. The predicted molar refractivity (Wildman–Crippen MR) is 126 cm³/mol. The summed E-state index contributed by atoms with van der Waals surface area (Å²) in [6, 6.07) is 27.8. The van der Waals surface area contributed by atoms with Crippen LogP contribution in [0.5, 0.6) is 0 Å². The maximum atomic E-state index is 6.04. The van der Waals surface area contributed by atoms with E-state index in [9.17, 15) is 0 Å². The van der Waals surface area contributed by atoms with Crippen molar-refractivity contribution in [3.8, 4) is 11.5 Å². The standard InChI is InChI=1S/C28H24N2O/c1-19-11-14-26(31-19)28-24-18-30(17-20-7-3-2-4-8-20)16-15-23(24)27-22-10-6-5-9-21(22)12-13-25(27)29-28/h2-14H,15-18H2,1H3. The van der Waals surface area contributed by atoms with E-state index >= 15 is 0 Å². The molecule has 0 bridgehead atoms. The molecule has 0 amide bonds. The number of fused-ring (bicyclic) bond motifs is 5. The van der Waals surface area contributed by atoms with Crippen molar-refractivity contribution in [1.29, 1.82) is 0 Å². The first-order chi connectivity index (χ1) is 15.3. The molecule has 3 heteroatoms. The first-order valence-corrected chi connectivity index (χ1v) is 10.9. The van der Waals surface area contributed by atoms with Gasteiger partial charge in [-0.25, -0.2) is 4.98 Å². The summed E-state index contributed by atoms with van der Waals surface area (Å²) in [6.45, 7) is 4.86. The Morgan fingerprint density at radius 2 is 1.71 bits per heavy atom. The lowest BCUT2D eigenvalue weighted by Crippen LogP contribution is -2.31. The highest BCUT2D eigenvalue weighted by molar-refractivity contribution is 6.09. The van der Waals surface area contributed by atoms with Crippen LogP contribution >= 0.6 is 0 Å². The second-order valence-corrected chi connectivity index (χ2v) is 8.45. The molecule has 6 rings (SSSR count). The van der Waals surface area contributed by atoms with E-state index in [-0.39, 0.29) is 0 Å². The van der Waals surface area contributed by atoms with Gasteiger partial charge in [0.2, 0.25) is 0 Å². The first-order valence-electron chi connectivity index (χ1n) is 10.9. The molecular formula is C28H24N2O. The Morgan fingerprint density at radius 3 is 2.55 bits per heavy atom. The third-order valence-corrected chi connectivity index (χ3v) is 6.37. The van der Waals surface area contributed by atoms with Crippen LogP contribution in [-0.2, 0) is 19.5 Å². The summed E-state index contributed by atoms with van der Waals surface area (Å²) in [6.07, 6.45) is 1.02. The van der Waals surface area contributed by atoms with Crippen LogP contribution in [0.4, 0.5) is 0 Å². The van der Waals surface area contributed by atoms with Gasteiger partial charge in [-0.15, -0.1) is 0 Å². The largest absolute Gasteiger partial charge is 0.460 e. The normalized spacial score (nSPS) is 14.2. The van der Waals surface area contributed by atoms with Crippen molar-refractivity contribution in [2.75, 3.05) is 6.54 Å². The summed E-state index contributed by atoms with van der Waals surface area (Å²) in [5, 5.41) is 3.87. The first kappa shape index (κ1) is 18.3. The van der Waals surface area contributed by atoms with Gasteiger partial charge in [0, 0.05) is 25.0 Å². The fourth-order valence-electron chi connectivity index (χ4n) is 4.91. The van der Waals surface area contributed by atoms with E-state index in [1.165, 1.54) is 32.8 Å². The van der Waals surface area contributed by atoms with Crippen molar-refractivity contribution in [2.24, 2.45) is 0 Å². The van der Waals surface area contributed by atoms with E-state index in [2.05, 4.69) is 77.7 Å². The summed E-state index contributed by atoms with van der Waals surface area (Å²) in [7, 11) is 0. The van der Waals surface area contributed by atoms with Gasteiger partial charge in [-0.1, -0.05) is 60.7 Å². The molecule has 0 atom stereocenters. The van der Waals surface area contributed by atoms with Gasteiger partial charge < -0.3 is 4.42 Å². The second-order valence-electron chi connectivity index (χ2n) is 8.45. The second kappa shape index (κ2) is 7.36. The van der Waals surface area contributed by atoms with Gasteiger partial charge >= 0.3 is 0 Å². The minimum Gasteiger partial charge on any atom is -0.460 e. The zero-order valence-corrected chi connectivity index (χ0v) is 17.6. The minimum atomic E-state index is 0.866. The molecule has 2 aromatic heterocycles. The third kappa shape index (κ3) is 3.22. The number of aryl methyl sites for hydroxylation is 1. The Morgan fingerprint density at radius 1 is 0.871 bits per heavy atom. The molecule has 1 aliphatic rings. The maximum absolute atomic E-state index is 6.04. The lowest BCUT2D eigenvalue weighted by Gasteiger charge is -2.31. The van der Waals surface area contributed by atoms with Crippen molar-refractivity contribution < 1.29 is 4.42 Å². The highest BCUT2D eigenvalue weighted by atomic mass is 16.3. The van der Waals surface area contributed by atoms with Crippen LogP contribution in [0.3, 0.4) is 0 Å². The van der Waals surface area contributed by atoms with E-state index < -0.39 is 0 Å². The van der Waals surface area contributed by atoms with Gasteiger partial charge in [0.1, 0.15) is 11.5 Å². The van der Waals surface area contributed by atoms with E-state index in [1.54, 1.807) is 0 Å². The topological polar surface area (TPSA) is 29.3 Å². The molecule has 0 spiro atoms. The number of benzene rings is 3. The van der Waals surface area contributed by atoms with E-state index in [0.717, 1.165) is 48.8 Å². The molecule has 3 nitrogen and oxygen atoms in total. The molecule has 0 saturated heterocycles. The van der Waals surface area contributed by atoms with Gasteiger partial charge in [-0.05, 0) is 59.0 Å². The SMILES string of the molecule is Cc1ccc(-c2nc3ccc4ccccc4c3c3c2CN(Cc2ccccc2)CC3)o1. The Kier molecular flexibility index (Phi) is 4.36. The number of hydrogen-bond acceptors (Lipinski definition) is 3. The smallest absolute Gasteiger partial charge is 0.152 e. The molecule has 3 aromatic carbocycles. The number of furan rings is 1. The van der Waals surface area contributed by atoms with Gasteiger partial charge in [0.15, 0.2) is 5.76 Å². The lowest BCUT2D eigenvalue weighted by atomic mass is 9.90. The van der Waals surface area contributed by atoms with Gasteiger partial charge in [-0.3, -0.25) is 4.90 Å². The molecule has 0 aliphatic carbocycles. The molecular weight excluding hydrogens is 380 g/mol. The van der Waals surface area contributed by atoms with Gasteiger partial charge in [-0.2, -0.15) is 0 Å². The number of nitrogens with zero attached hydrogens (tertiary/aromatic N) is 2. The molecule has 152 valence electrons. The summed E-state index contributed by atoms with van der Waals surface area (Å²) < 4.78 is 6.04. The molecule has 5 aromatic rings. The van der Waals surface area contributed by atoms with Crippen molar-refractivity contribution in [3.05, 3.63) is 101 Å². The van der Waals surface area contributed by atoms with Crippen LogP contribution < -0.4 is 0 Å². The van der Waals surface area contributed by atoms with Crippen molar-refractivity contribution in [1.82, 2.24) is 9.88 Å². The molecule has 0 radical (unpaired) electrons. The molecule has 0 unspecified atom stereocenters. The third-order valence-electron chi connectivity index (χ3n) is 6.37. The molecule has 3 heterocycles. The summed E-state index contributed by atoms with van der Waals surface area (Å²) in [5.74, 6) is 1.78. The Balaban J connectivity index is 1.54. The summed E-state index contributed by atoms with van der Waals surface area (Å²) in [4.78, 5) is 7.67. The van der Waals surface area contributed by atoms with Crippen LogP contribution in [0.1, 0.15) is 22.5 Å². The van der Waals surface area contributed by atoms with Crippen LogP contribution in [0.25, 0.3) is 33.1 Å². The average molecular weight is 405 g/mol. The maximum Gasteiger partial charge on any atom is 0.152 e. The quantitative estimate of drug-likeness (QED) is 0.321. The minimum absolute atomic E-state index is 0.866. The van der Waals surface area contributed by atoms with E-state index in [0.29, 0.717) is 0 Å². The Bertz CT molecular complexity index is 1400. The molecule has 0 fully saturated rings. The summed E-state index contributed by atoms with van der Waals surface area (Å²) >= 11 is 0. The highest BCUT2D eigenvalue weighted by Gasteiger charge is 2.25. The van der Waals surface area contributed by atoms with Crippen molar-refractivity contribution in [3.63, 3.8) is 0 Å². The van der Waals surface area contributed by atoms with Crippen molar-refractivity contribution in [2.45, 2.75) is 26.4 Å². The van der Waals surface area contributed by atoms with Crippen molar-refractivity contribution >= 4 is 21.7 Å². The van der Waals surface area contributed by atoms with Crippen LogP contribution in [0.15, 0.2) is 83.3 Å². The van der Waals surface area contributed by atoms with Gasteiger partial charge in [0.05, 0.1) is 5.52 Å². The number of hydrogen-bond donors (Lipinski definition) is 0. The fourth-order valence-corrected chi connectivity index (χ4v) is 4.91. The predicted octanol–water partition coefficient (Wildman–Crippen LogP) is 6.51.